The summed E-state index contributed by atoms with van der Waals surface area (Å²) < 4.78 is 92.4. The molecule has 3 nitrogen and oxygen atoms in total. The van der Waals surface area contributed by atoms with Gasteiger partial charge in [-0.1, -0.05) is 12.1 Å². The molecule has 2 aromatic rings. The van der Waals surface area contributed by atoms with E-state index in [0.717, 1.165) is 25.2 Å². The molecule has 0 fully saturated rings. The molecule has 0 aliphatic rings. The van der Waals surface area contributed by atoms with Gasteiger partial charge >= 0.3 is 18.0 Å². The molecule has 0 saturated carbocycles. The highest BCUT2D eigenvalue weighted by Gasteiger charge is 2.73. The minimum Gasteiger partial charge on any atom is -0.397 e. The first-order valence-corrected chi connectivity index (χ1v) is 9.00. The summed E-state index contributed by atoms with van der Waals surface area (Å²) >= 11 is 4.12. The third-order valence-electron chi connectivity index (χ3n) is 3.89. The van der Waals surface area contributed by atoms with Crippen LogP contribution in [0.25, 0.3) is 0 Å². The molecule has 0 saturated heterocycles. The summed E-state index contributed by atoms with van der Waals surface area (Å²) in [6.07, 6.45) is -12.4. The number of carbonyl (C=O) groups is 1. The maximum Gasteiger partial charge on any atom is 0.435 e. The number of anilines is 2. The number of nitrogen functional groups attached to an aromatic ring is 1. The number of nitrogens with one attached hydrogen (secondary N) is 1. The molecule has 0 radical (unpaired) electrons. The van der Waals surface area contributed by atoms with Crippen LogP contribution in [0.3, 0.4) is 0 Å². The van der Waals surface area contributed by atoms with Crippen molar-refractivity contribution in [2.75, 3.05) is 11.1 Å². The fourth-order valence-corrected chi connectivity index (χ4v) is 3.85. The fraction of sp³-hybridized carbons (Fsp3) is 0.312. The molecule has 0 aliphatic heterocycles. The Labute approximate surface area is 166 Å². The summed E-state index contributed by atoms with van der Waals surface area (Å²) in [5, 5.41) is 2.40. The van der Waals surface area contributed by atoms with Gasteiger partial charge in [-0.05, 0) is 47.0 Å². The van der Waals surface area contributed by atoms with E-state index in [-0.39, 0.29) is 27.4 Å². The molecule has 2 rings (SSSR count). The lowest BCUT2D eigenvalue weighted by Crippen LogP contribution is -2.50. The van der Waals surface area contributed by atoms with Crippen molar-refractivity contribution >= 4 is 44.5 Å². The summed E-state index contributed by atoms with van der Waals surface area (Å²) in [7, 11) is 0. The van der Waals surface area contributed by atoms with Crippen molar-refractivity contribution in [2.45, 2.75) is 31.9 Å². The number of aryl methyl sites for hydroxylation is 2. The quantitative estimate of drug-likeness (QED) is 0.497. The SMILES string of the molecule is Cc1cc(C(F)(C(F)(F)F)C(F)(F)F)cc(C)c1NC(=O)c1cc(N)c(Br)s1. The predicted molar refractivity (Wildman–Crippen MR) is 95.2 cm³/mol. The van der Waals surface area contributed by atoms with Crippen LogP contribution in [0.1, 0.15) is 26.4 Å². The maximum absolute atomic E-state index is 14.2. The number of alkyl halides is 7. The van der Waals surface area contributed by atoms with Crippen molar-refractivity contribution in [3.63, 3.8) is 0 Å². The van der Waals surface area contributed by atoms with Crippen LogP contribution in [0.5, 0.6) is 0 Å². The van der Waals surface area contributed by atoms with Crippen LogP contribution in [0.4, 0.5) is 42.1 Å². The minimum absolute atomic E-state index is 0.0245. The number of rotatable bonds is 3. The Morgan fingerprint density at radius 2 is 1.46 bits per heavy atom. The molecule has 154 valence electrons. The Morgan fingerprint density at radius 3 is 1.82 bits per heavy atom. The van der Waals surface area contributed by atoms with Gasteiger partial charge < -0.3 is 11.1 Å². The summed E-state index contributed by atoms with van der Waals surface area (Å²) in [5.74, 6) is -0.667. The van der Waals surface area contributed by atoms with Crippen LogP contribution in [-0.2, 0) is 5.67 Å². The molecular weight excluding hydrogens is 481 g/mol. The normalized spacial score (nSPS) is 12.9. The molecule has 0 bridgehead atoms. The van der Waals surface area contributed by atoms with E-state index in [9.17, 15) is 35.5 Å². The standard InChI is InChI=1S/C16H12BrF7N2OS/c1-6-3-8(14(18,15(19,20)21)16(22,23)24)4-7(2)11(6)26-13(27)10-5-9(25)12(17)28-10/h3-5H,25H2,1-2H3,(H,26,27). The Balaban J connectivity index is 2.48. The topological polar surface area (TPSA) is 55.1 Å². The zero-order valence-corrected chi connectivity index (χ0v) is 16.6. The molecule has 0 spiro atoms. The first kappa shape index (κ1) is 22.5. The van der Waals surface area contributed by atoms with Crippen LogP contribution in [0, 0.1) is 13.8 Å². The van der Waals surface area contributed by atoms with Crippen molar-refractivity contribution in [1.29, 1.82) is 0 Å². The van der Waals surface area contributed by atoms with Crippen molar-refractivity contribution < 1.29 is 35.5 Å². The number of thiophene rings is 1. The molecule has 0 atom stereocenters. The number of hydrogen-bond acceptors (Lipinski definition) is 3. The van der Waals surface area contributed by atoms with E-state index in [1.54, 1.807) is 0 Å². The maximum atomic E-state index is 14.2. The second-order valence-corrected chi connectivity index (χ2v) is 8.30. The zero-order valence-electron chi connectivity index (χ0n) is 14.1. The van der Waals surface area contributed by atoms with Crippen LogP contribution >= 0.6 is 27.3 Å². The molecular formula is C16H12BrF7N2OS. The molecule has 12 heteroatoms. The van der Waals surface area contributed by atoms with Crippen LogP contribution < -0.4 is 11.1 Å². The second-order valence-electron chi connectivity index (χ2n) is 5.93. The number of nitrogens with two attached hydrogens (primary N) is 1. The highest BCUT2D eigenvalue weighted by atomic mass is 79.9. The molecule has 1 amide bonds. The molecule has 1 heterocycles. The highest BCUT2D eigenvalue weighted by molar-refractivity contribution is 9.11. The van der Waals surface area contributed by atoms with Crippen LogP contribution in [0.15, 0.2) is 22.0 Å². The Hall–Kier alpha value is -1.82. The van der Waals surface area contributed by atoms with Gasteiger partial charge in [-0.15, -0.1) is 11.3 Å². The molecule has 28 heavy (non-hydrogen) atoms. The first-order chi connectivity index (χ1) is 12.6. The van der Waals surface area contributed by atoms with E-state index in [1.807, 2.05) is 0 Å². The lowest BCUT2D eigenvalue weighted by molar-refractivity contribution is -0.348. The fourth-order valence-electron chi connectivity index (χ4n) is 2.52. The third-order valence-corrected chi connectivity index (χ3v) is 5.77. The van der Waals surface area contributed by atoms with Crippen molar-refractivity contribution in [2.24, 2.45) is 0 Å². The molecule has 3 N–H and O–H groups in total. The number of hydrogen-bond donors (Lipinski definition) is 2. The number of amides is 1. The van der Waals surface area contributed by atoms with Crippen molar-refractivity contribution in [3.8, 4) is 0 Å². The Morgan fingerprint density at radius 1 is 1.00 bits per heavy atom. The lowest BCUT2D eigenvalue weighted by Gasteiger charge is -2.31. The predicted octanol–water partition coefficient (Wildman–Crippen LogP) is 6.25. The molecule has 1 aromatic heterocycles. The van der Waals surface area contributed by atoms with E-state index in [0.29, 0.717) is 15.9 Å². The number of benzene rings is 1. The smallest absolute Gasteiger partial charge is 0.397 e. The zero-order chi connectivity index (χ0) is 21.7. The number of carbonyl (C=O) groups excluding carboxylic acids is 1. The van der Waals surface area contributed by atoms with Gasteiger partial charge in [0.1, 0.15) is 0 Å². The second kappa shape index (κ2) is 7.21. The average Bonchev–Trinajstić information content (AvgIpc) is 2.87. The van der Waals surface area contributed by atoms with Gasteiger partial charge in [-0.3, -0.25) is 4.79 Å². The monoisotopic (exact) mass is 492 g/mol. The summed E-state index contributed by atoms with van der Waals surface area (Å²) in [6, 6.07) is 2.19. The third kappa shape index (κ3) is 3.84. The van der Waals surface area contributed by atoms with E-state index in [1.165, 1.54) is 6.07 Å². The molecule has 0 aliphatic carbocycles. The Kier molecular flexibility index (Phi) is 5.79. The summed E-state index contributed by atoms with van der Waals surface area (Å²) in [5.41, 5.74) is -1.60. The van der Waals surface area contributed by atoms with Gasteiger partial charge in [0, 0.05) is 11.3 Å². The van der Waals surface area contributed by atoms with Gasteiger partial charge in [-0.25, -0.2) is 4.39 Å². The van der Waals surface area contributed by atoms with Crippen molar-refractivity contribution in [1.82, 2.24) is 0 Å². The van der Waals surface area contributed by atoms with Gasteiger partial charge in [0.05, 0.1) is 14.4 Å². The van der Waals surface area contributed by atoms with Gasteiger partial charge in [0.15, 0.2) is 0 Å². The van der Waals surface area contributed by atoms with E-state index in [4.69, 9.17) is 5.73 Å². The summed E-state index contributed by atoms with van der Waals surface area (Å²) in [4.78, 5) is 12.4. The van der Waals surface area contributed by atoms with Gasteiger partial charge in [-0.2, -0.15) is 26.3 Å². The van der Waals surface area contributed by atoms with E-state index >= 15 is 0 Å². The van der Waals surface area contributed by atoms with Crippen molar-refractivity contribution in [3.05, 3.63) is 43.6 Å². The number of halogens is 8. The largest absolute Gasteiger partial charge is 0.435 e. The first-order valence-electron chi connectivity index (χ1n) is 7.39. The minimum atomic E-state index is -6.21. The molecule has 1 aromatic carbocycles. The van der Waals surface area contributed by atoms with Gasteiger partial charge in [0.25, 0.3) is 5.91 Å². The van der Waals surface area contributed by atoms with E-state index in [2.05, 4.69) is 21.2 Å². The van der Waals surface area contributed by atoms with E-state index < -0.39 is 29.5 Å². The van der Waals surface area contributed by atoms with Crippen LogP contribution in [0.2, 0.25) is 0 Å². The molecule has 0 unspecified atom stereocenters. The highest BCUT2D eigenvalue weighted by Crippen LogP contribution is 2.53. The summed E-state index contributed by atoms with van der Waals surface area (Å²) in [6.45, 7) is 2.33. The lowest BCUT2D eigenvalue weighted by atomic mass is 9.90. The van der Waals surface area contributed by atoms with Gasteiger partial charge in [0.2, 0.25) is 0 Å². The van der Waals surface area contributed by atoms with Crippen LogP contribution in [-0.4, -0.2) is 18.3 Å². The Bertz CT molecular complexity index is 864. The average molecular weight is 493 g/mol.